The maximum absolute atomic E-state index is 12.8. The molecule has 4 rings (SSSR count). The van der Waals surface area contributed by atoms with Crippen molar-refractivity contribution in [3.8, 4) is 11.3 Å². The smallest absolute Gasteiger partial charge is 0.341 e. The van der Waals surface area contributed by atoms with E-state index >= 15 is 0 Å². The average molecular weight is 462 g/mol. The number of fused-ring (bicyclic) bond motifs is 1. The van der Waals surface area contributed by atoms with Gasteiger partial charge in [-0.05, 0) is 90.7 Å². The highest BCUT2D eigenvalue weighted by molar-refractivity contribution is 6.04. The summed E-state index contributed by atoms with van der Waals surface area (Å²) in [6.07, 6.45) is 6.08. The van der Waals surface area contributed by atoms with Crippen LogP contribution in [0.25, 0.3) is 22.3 Å². The molecule has 1 aliphatic rings. The lowest BCUT2D eigenvalue weighted by atomic mass is 9.85. The first-order chi connectivity index (χ1) is 16.3. The zero-order valence-corrected chi connectivity index (χ0v) is 20.9. The van der Waals surface area contributed by atoms with E-state index < -0.39 is 0 Å². The third-order valence-electron chi connectivity index (χ3n) is 6.40. The molecule has 0 amide bonds. The zero-order valence-electron chi connectivity index (χ0n) is 20.9. The lowest BCUT2D eigenvalue weighted by molar-refractivity contribution is 0.0527. The van der Waals surface area contributed by atoms with Gasteiger partial charge in [0.2, 0.25) is 0 Å². The van der Waals surface area contributed by atoms with E-state index in [9.17, 15) is 4.79 Å². The Hall–Kier alpha value is -3.06. The molecular formula is C27H35N5O2. The SMILES string of the molecule is CCOC(=O)c1cnc2ccc(-c3cc(C)nc(C)c3)nc2c1NC1CCC(CN(C)C)CC1. The van der Waals surface area contributed by atoms with Crippen LogP contribution in [-0.4, -0.2) is 59.1 Å². The van der Waals surface area contributed by atoms with E-state index in [0.29, 0.717) is 17.7 Å². The van der Waals surface area contributed by atoms with Crippen LogP contribution in [0.4, 0.5) is 5.69 Å². The summed E-state index contributed by atoms with van der Waals surface area (Å²) in [6.45, 7) is 7.22. The molecule has 1 saturated carbocycles. The Kier molecular flexibility index (Phi) is 7.41. The molecule has 7 heteroatoms. The molecule has 1 aliphatic carbocycles. The van der Waals surface area contributed by atoms with E-state index in [1.807, 2.05) is 45.0 Å². The lowest BCUT2D eigenvalue weighted by Crippen LogP contribution is -2.31. The number of pyridine rings is 3. The van der Waals surface area contributed by atoms with E-state index in [2.05, 4.69) is 34.3 Å². The van der Waals surface area contributed by atoms with Crippen LogP contribution in [0.1, 0.15) is 54.4 Å². The molecule has 0 radical (unpaired) electrons. The monoisotopic (exact) mass is 461 g/mol. The highest BCUT2D eigenvalue weighted by Gasteiger charge is 2.25. The number of aryl methyl sites for hydroxylation is 2. The Labute approximate surface area is 202 Å². The summed E-state index contributed by atoms with van der Waals surface area (Å²) in [5.41, 5.74) is 6.35. The van der Waals surface area contributed by atoms with Gasteiger partial charge in [0.15, 0.2) is 0 Å². The van der Waals surface area contributed by atoms with Gasteiger partial charge < -0.3 is 15.0 Å². The molecular weight excluding hydrogens is 426 g/mol. The molecule has 1 N–H and O–H groups in total. The minimum Gasteiger partial charge on any atom is -0.462 e. The van der Waals surface area contributed by atoms with Gasteiger partial charge in [-0.25, -0.2) is 9.78 Å². The predicted molar refractivity (Wildman–Crippen MR) is 136 cm³/mol. The summed E-state index contributed by atoms with van der Waals surface area (Å²) < 4.78 is 5.35. The Bertz CT molecular complexity index is 1150. The quantitative estimate of drug-likeness (QED) is 0.495. The molecule has 0 bridgehead atoms. The minimum atomic E-state index is -0.372. The largest absolute Gasteiger partial charge is 0.462 e. The fourth-order valence-corrected chi connectivity index (χ4v) is 4.93. The topological polar surface area (TPSA) is 80.2 Å². The first-order valence-corrected chi connectivity index (χ1v) is 12.2. The highest BCUT2D eigenvalue weighted by Crippen LogP contribution is 2.32. The van der Waals surface area contributed by atoms with Crippen molar-refractivity contribution in [3.05, 3.63) is 47.4 Å². The Morgan fingerprint density at radius 3 is 2.44 bits per heavy atom. The molecule has 34 heavy (non-hydrogen) atoms. The van der Waals surface area contributed by atoms with Crippen molar-refractivity contribution in [2.24, 2.45) is 5.92 Å². The molecule has 0 aliphatic heterocycles. The summed E-state index contributed by atoms with van der Waals surface area (Å²) in [7, 11) is 4.27. The summed E-state index contributed by atoms with van der Waals surface area (Å²) in [4.78, 5) is 29.1. The van der Waals surface area contributed by atoms with E-state index in [0.717, 1.165) is 59.2 Å². The van der Waals surface area contributed by atoms with Gasteiger partial charge in [0.05, 0.1) is 23.5 Å². The fourth-order valence-electron chi connectivity index (χ4n) is 4.93. The molecule has 180 valence electrons. The summed E-state index contributed by atoms with van der Waals surface area (Å²) in [5, 5.41) is 3.68. The second-order valence-corrected chi connectivity index (χ2v) is 9.59. The molecule has 0 spiro atoms. The number of ether oxygens (including phenoxy) is 1. The van der Waals surface area contributed by atoms with Gasteiger partial charge in [-0.2, -0.15) is 0 Å². The Morgan fingerprint density at radius 2 is 1.79 bits per heavy atom. The number of esters is 1. The summed E-state index contributed by atoms with van der Waals surface area (Å²) >= 11 is 0. The van der Waals surface area contributed by atoms with Crippen LogP contribution in [0.2, 0.25) is 0 Å². The van der Waals surface area contributed by atoms with Crippen molar-refractivity contribution < 1.29 is 9.53 Å². The number of carbonyl (C=O) groups excluding carboxylic acids is 1. The van der Waals surface area contributed by atoms with Crippen molar-refractivity contribution in [2.45, 2.75) is 52.5 Å². The van der Waals surface area contributed by atoms with E-state index in [1.165, 1.54) is 12.8 Å². The molecule has 3 heterocycles. The van der Waals surface area contributed by atoms with Crippen molar-refractivity contribution in [1.82, 2.24) is 19.9 Å². The van der Waals surface area contributed by atoms with Crippen LogP contribution in [0.3, 0.4) is 0 Å². The molecule has 1 fully saturated rings. The van der Waals surface area contributed by atoms with Crippen LogP contribution in [0.15, 0.2) is 30.5 Å². The molecule has 0 aromatic carbocycles. The van der Waals surface area contributed by atoms with Gasteiger partial charge in [0.1, 0.15) is 11.1 Å². The summed E-state index contributed by atoms with van der Waals surface area (Å²) in [5.74, 6) is 0.346. The summed E-state index contributed by atoms with van der Waals surface area (Å²) in [6, 6.07) is 8.29. The second kappa shape index (κ2) is 10.5. The zero-order chi connectivity index (χ0) is 24.2. The average Bonchev–Trinajstić information content (AvgIpc) is 2.79. The molecule has 0 unspecified atom stereocenters. The molecule has 3 aromatic rings. The predicted octanol–water partition coefficient (Wildman–Crippen LogP) is 5.02. The highest BCUT2D eigenvalue weighted by atomic mass is 16.5. The van der Waals surface area contributed by atoms with E-state index in [-0.39, 0.29) is 12.0 Å². The number of anilines is 1. The normalized spacial score (nSPS) is 18.3. The molecule has 0 saturated heterocycles. The van der Waals surface area contributed by atoms with Gasteiger partial charge >= 0.3 is 5.97 Å². The lowest BCUT2D eigenvalue weighted by Gasteiger charge is -2.31. The van der Waals surface area contributed by atoms with Gasteiger partial charge in [-0.15, -0.1) is 0 Å². The van der Waals surface area contributed by atoms with E-state index in [1.54, 1.807) is 6.20 Å². The molecule has 7 nitrogen and oxygen atoms in total. The van der Waals surface area contributed by atoms with Crippen molar-refractivity contribution >= 4 is 22.7 Å². The number of hydrogen-bond donors (Lipinski definition) is 1. The number of nitrogens with zero attached hydrogens (tertiary/aromatic N) is 4. The minimum absolute atomic E-state index is 0.285. The number of carbonyl (C=O) groups is 1. The number of rotatable bonds is 7. The molecule has 3 aromatic heterocycles. The molecule has 0 atom stereocenters. The number of aromatic nitrogens is 3. The van der Waals surface area contributed by atoms with Crippen molar-refractivity contribution in [1.29, 1.82) is 0 Å². The van der Waals surface area contributed by atoms with Crippen LogP contribution in [0, 0.1) is 19.8 Å². The van der Waals surface area contributed by atoms with Gasteiger partial charge in [0, 0.05) is 35.7 Å². The van der Waals surface area contributed by atoms with Crippen LogP contribution in [-0.2, 0) is 4.74 Å². The standard InChI is InChI=1S/C27H35N5O2/c1-6-34-27(33)22-15-28-24-12-11-23(20-13-17(2)29-18(3)14-20)31-26(24)25(22)30-21-9-7-19(8-10-21)16-32(4)5/h11-15,19,21H,6-10,16H2,1-5H3,(H,28,30). The Morgan fingerprint density at radius 1 is 1.09 bits per heavy atom. The van der Waals surface area contributed by atoms with Crippen molar-refractivity contribution in [2.75, 3.05) is 32.6 Å². The Balaban J connectivity index is 1.72. The van der Waals surface area contributed by atoms with E-state index in [4.69, 9.17) is 9.72 Å². The van der Waals surface area contributed by atoms with Crippen LogP contribution < -0.4 is 5.32 Å². The van der Waals surface area contributed by atoms with Crippen LogP contribution >= 0.6 is 0 Å². The third-order valence-corrected chi connectivity index (χ3v) is 6.40. The first kappa shape index (κ1) is 24.1. The van der Waals surface area contributed by atoms with Crippen LogP contribution in [0.5, 0.6) is 0 Å². The van der Waals surface area contributed by atoms with Gasteiger partial charge in [-0.3, -0.25) is 9.97 Å². The van der Waals surface area contributed by atoms with Crippen molar-refractivity contribution in [3.63, 3.8) is 0 Å². The maximum atomic E-state index is 12.8. The number of hydrogen-bond acceptors (Lipinski definition) is 7. The third kappa shape index (κ3) is 5.53. The first-order valence-electron chi connectivity index (χ1n) is 12.2. The van der Waals surface area contributed by atoms with Gasteiger partial charge in [-0.1, -0.05) is 0 Å². The second-order valence-electron chi connectivity index (χ2n) is 9.59. The van der Waals surface area contributed by atoms with Gasteiger partial charge in [0.25, 0.3) is 0 Å². The maximum Gasteiger partial charge on any atom is 0.341 e. The fraction of sp³-hybridized carbons (Fsp3) is 0.481. The number of nitrogens with one attached hydrogen (secondary N) is 1.